The lowest BCUT2D eigenvalue weighted by molar-refractivity contribution is -0.122. The van der Waals surface area contributed by atoms with Gasteiger partial charge in [0.1, 0.15) is 5.75 Å². The molecule has 1 aliphatic rings. The minimum atomic E-state index is -2.85. The average molecular weight is 312 g/mol. The zero-order valence-electron chi connectivity index (χ0n) is 12.6. The predicted molar refractivity (Wildman–Crippen MR) is 79.8 cm³/mol. The van der Waals surface area contributed by atoms with Crippen molar-refractivity contribution in [1.82, 2.24) is 10.6 Å². The molecule has 2 rings (SSSR count). The van der Waals surface area contributed by atoms with Crippen molar-refractivity contribution in [2.75, 3.05) is 13.1 Å². The lowest BCUT2D eigenvalue weighted by Crippen LogP contribution is -2.27. The molecule has 2 unspecified atom stereocenters. The second-order valence-electron chi connectivity index (χ2n) is 5.64. The molecule has 0 radical (unpaired) electrons. The Morgan fingerprint density at radius 3 is 3.00 bits per heavy atom. The van der Waals surface area contributed by atoms with Gasteiger partial charge in [0, 0.05) is 6.42 Å². The number of carbonyl (C=O) groups excluding carboxylic acids is 1. The smallest absolute Gasteiger partial charge is 0.387 e. The minimum Gasteiger partial charge on any atom is -0.435 e. The fourth-order valence-corrected chi connectivity index (χ4v) is 2.65. The number of hydrogen-bond donors (Lipinski definition) is 2. The molecule has 2 atom stereocenters. The van der Waals surface area contributed by atoms with E-state index in [4.69, 9.17) is 0 Å². The lowest BCUT2D eigenvalue weighted by atomic mass is 10.0. The lowest BCUT2D eigenvalue weighted by Gasteiger charge is -2.16. The molecule has 1 amide bonds. The van der Waals surface area contributed by atoms with Crippen LogP contribution in [0.5, 0.6) is 5.75 Å². The summed E-state index contributed by atoms with van der Waals surface area (Å²) in [6.07, 6.45) is 2.49. The second-order valence-corrected chi connectivity index (χ2v) is 5.64. The number of ether oxygens (including phenoxy) is 1. The first-order valence-electron chi connectivity index (χ1n) is 7.59. The quantitative estimate of drug-likeness (QED) is 0.814. The van der Waals surface area contributed by atoms with Crippen LogP contribution in [0.3, 0.4) is 0 Å². The van der Waals surface area contributed by atoms with Gasteiger partial charge in [0.05, 0.1) is 6.04 Å². The number of benzene rings is 1. The molecule has 1 heterocycles. The highest BCUT2D eigenvalue weighted by Gasteiger charge is 2.17. The van der Waals surface area contributed by atoms with Crippen LogP contribution in [-0.2, 0) is 4.79 Å². The number of halogens is 2. The van der Waals surface area contributed by atoms with E-state index in [2.05, 4.69) is 15.4 Å². The Hall–Kier alpha value is -1.69. The summed E-state index contributed by atoms with van der Waals surface area (Å²) in [4.78, 5) is 12.0. The van der Waals surface area contributed by atoms with Gasteiger partial charge in [-0.05, 0) is 56.5 Å². The Bertz CT molecular complexity index is 491. The SMILES string of the molecule is CC(NC(=O)CCC1CCNC1)c1cccc(OC(F)F)c1. The number of alkyl halides is 2. The molecule has 0 saturated carbocycles. The van der Waals surface area contributed by atoms with E-state index >= 15 is 0 Å². The Morgan fingerprint density at radius 2 is 2.32 bits per heavy atom. The van der Waals surface area contributed by atoms with Gasteiger partial charge in [-0.1, -0.05) is 12.1 Å². The maximum absolute atomic E-state index is 12.2. The van der Waals surface area contributed by atoms with Gasteiger partial charge in [0.25, 0.3) is 0 Å². The van der Waals surface area contributed by atoms with Crippen LogP contribution in [0.2, 0.25) is 0 Å². The fourth-order valence-electron chi connectivity index (χ4n) is 2.65. The molecule has 1 saturated heterocycles. The average Bonchev–Trinajstić information content (AvgIpc) is 2.98. The first-order chi connectivity index (χ1) is 10.5. The highest BCUT2D eigenvalue weighted by Crippen LogP contribution is 2.21. The monoisotopic (exact) mass is 312 g/mol. The third-order valence-electron chi connectivity index (χ3n) is 3.90. The van der Waals surface area contributed by atoms with E-state index in [1.165, 1.54) is 12.1 Å². The molecule has 1 aliphatic heterocycles. The number of hydrogen-bond acceptors (Lipinski definition) is 3. The van der Waals surface area contributed by atoms with Crippen molar-refractivity contribution in [3.05, 3.63) is 29.8 Å². The first-order valence-corrected chi connectivity index (χ1v) is 7.59. The number of nitrogens with one attached hydrogen (secondary N) is 2. The topological polar surface area (TPSA) is 50.4 Å². The van der Waals surface area contributed by atoms with Crippen LogP contribution in [0.1, 0.15) is 37.8 Å². The number of amides is 1. The molecule has 0 aliphatic carbocycles. The summed E-state index contributed by atoms with van der Waals surface area (Å²) in [5.41, 5.74) is 0.744. The molecule has 22 heavy (non-hydrogen) atoms. The van der Waals surface area contributed by atoms with Gasteiger partial charge in [-0.25, -0.2) is 0 Å². The summed E-state index contributed by atoms with van der Waals surface area (Å²) in [7, 11) is 0. The van der Waals surface area contributed by atoms with E-state index in [1.54, 1.807) is 12.1 Å². The molecule has 4 nitrogen and oxygen atoms in total. The fraction of sp³-hybridized carbons (Fsp3) is 0.562. The third-order valence-corrected chi connectivity index (χ3v) is 3.90. The van der Waals surface area contributed by atoms with E-state index in [0.29, 0.717) is 12.3 Å². The molecule has 6 heteroatoms. The Labute approximate surface area is 129 Å². The van der Waals surface area contributed by atoms with E-state index in [0.717, 1.165) is 31.5 Å². The summed E-state index contributed by atoms with van der Waals surface area (Å²) < 4.78 is 28.8. The molecule has 1 aromatic carbocycles. The highest BCUT2D eigenvalue weighted by molar-refractivity contribution is 5.76. The van der Waals surface area contributed by atoms with Crippen molar-refractivity contribution in [2.24, 2.45) is 5.92 Å². The van der Waals surface area contributed by atoms with E-state index in [1.807, 2.05) is 6.92 Å². The molecule has 0 bridgehead atoms. The molecular formula is C16H22F2N2O2. The van der Waals surface area contributed by atoms with Gasteiger partial charge in [-0.2, -0.15) is 8.78 Å². The van der Waals surface area contributed by atoms with E-state index in [-0.39, 0.29) is 17.7 Å². The Morgan fingerprint density at radius 1 is 1.50 bits per heavy atom. The Balaban J connectivity index is 1.82. The second kappa shape index (κ2) is 8.08. The molecule has 1 aromatic rings. The van der Waals surface area contributed by atoms with Crippen LogP contribution in [0.15, 0.2) is 24.3 Å². The van der Waals surface area contributed by atoms with Gasteiger partial charge in [0.2, 0.25) is 5.91 Å². The van der Waals surface area contributed by atoms with Crippen molar-refractivity contribution >= 4 is 5.91 Å². The summed E-state index contributed by atoms with van der Waals surface area (Å²) >= 11 is 0. The van der Waals surface area contributed by atoms with Crippen molar-refractivity contribution in [3.8, 4) is 5.75 Å². The molecule has 122 valence electrons. The van der Waals surface area contributed by atoms with Crippen LogP contribution in [0.4, 0.5) is 8.78 Å². The van der Waals surface area contributed by atoms with Crippen LogP contribution in [0, 0.1) is 5.92 Å². The number of carbonyl (C=O) groups is 1. The van der Waals surface area contributed by atoms with Gasteiger partial charge in [-0.15, -0.1) is 0 Å². The maximum atomic E-state index is 12.2. The Kier molecular flexibility index (Phi) is 6.12. The third kappa shape index (κ3) is 5.26. The van der Waals surface area contributed by atoms with Gasteiger partial charge < -0.3 is 15.4 Å². The normalized spacial score (nSPS) is 19.2. The maximum Gasteiger partial charge on any atom is 0.387 e. The van der Waals surface area contributed by atoms with Crippen LogP contribution >= 0.6 is 0 Å². The summed E-state index contributed by atoms with van der Waals surface area (Å²) in [5.74, 6) is 0.661. The van der Waals surface area contributed by atoms with Gasteiger partial charge in [-0.3, -0.25) is 4.79 Å². The van der Waals surface area contributed by atoms with Crippen LogP contribution in [0.25, 0.3) is 0 Å². The first kappa shape index (κ1) is 16.7. The number of rotatable bonds is 7. The van der Waals surface area contributed by atoms with Crippen molar-refractivity contribution in [3.63, 3.8) is 0 Å². The van der Waals surface area contributed by atoms with E-state index < -0.39 is 6.61 Å². The van der Waals surface area contributed by atoms with Crippen LogP contribution < -0.4 is 15.4 Å². The van der Waals surface area contributed by atoms with Crippen molar-refractivity contribution < 1.29 is 18.3 Å². The van der Waals surface area contributed by atoms with Crippen molar-refractivity contribution in [2.45, 2.75) is 38.8 Å². The largest absolute Gasteiger partial charge is 0.435 e. The van der Waals surface area contributed by atoms with Gasteiger partial charge in [0.15, 0.2) is 0 Å². The van der Waals surface area contributed by atoms with Gasteiger partial charge >= 0.3 is 6.61 Å². The molecule has 1 fully saturated rings. The minimum absolute atomic E-state index is 0.0143. The predicted octanol–water partition coefficient (Wildman–Crippen LogP) is 2.85. The molecule has 0 spiro atoms. The van der Waals surface area contributed by atoms with Crippen molar-refractivity contribution in [1.29, 1.82) is 0 Å². The standard InChI is InChI=1S/C16H22F2N2O2/c1-11(13-3-2-4-14(9-13)22-16(17)18)20-15(21)6-5-12-7-8-19-10-12/h2-4,9,11-12,16,19H,5-8,10H2,1H3,(H,20,21). The summed E-state index contributed by atoms with van der Waals surface area (Å²) in [5, 5.41) is 6.18. The summed E-state index contributed by atoms with van der Waals surface area (Å²) in [6.45, 7) is 0.992. The van der Waals surface area contributed by atoms with E-state index in [9.17, 15) is 13.6 Å². The molecule has 2 N–H and O–H groups in total. The molecular weight excluding hydrogens is 290 g/mol. The summed E-state index contributed by atoms with van der Waals surface area (Å²) in [6, 6.07) is 6.18. The zero-order valence-corrected chi connectivity index (χ0v) is 12.6. The molecule has 0 aromatic heterocycles. The zero-order chi connectivity index (χ0) is 15.9. The van der Waals surface area contributed by atoms with Crippen LogP contribution in [-0.4, -0.2) is 25.6 Å². The highest BCUT2D eigenvalue weighted by atomic mass is 19.3.